The molecule has 0 atom stereocenters. The molecule has 2 aromatic carbocycles. The zero-order chi connectivity index (χ0) is 23.2. The Morgan fingerprint density at radius 3 is 1.78 bits per heavy atom. The first-order valence-electron chi connectivity index (χ1n) is 10.6. The normalized spacial score (nSPS) is 12.4. The van der Waals surface area contributed by atoms with Crippen LogP contribution in [0.3, 0.4) is 0 Å². The van der Waals surface area contributed by atoms with Gasteiger partial charge >= 0.3 is 15.2 Å². The third kappa shape index (κ3) is 5.18. The summed E-state index contributed by atoms with van der Waals surface area (Å²) in [6.07, 6.45) is 0. The molecular formula is C22H28N2O6P2. The van der Waals surface area contributed by atoms with Crippen LogP contribution in [0.4, 0.5) is 0 Å². The van der Waals surface area contributed by atoms with Crippen LogP contribution in [0.25, 0.3) is 22.3 Å². The lowest BCUT2D eigenvalue weighted by Gasteiger charge is -2.19. The Bertz CT molecular complexity index is 1130. The number of aromatic nitrogens is 2. The van der Waals surface area contributed by atoms with Gasteiger partial charge in [-0.05, 0) is 45.9 Å². The quantitative estimate of drug-likeness (QED) is 0.352. The van der Waals surface area contributed by atoms with Crippen molar-refractivity contribution in [2.24, 2.45) is 0 Å². The molecule has 0 saturated heterocycles. The van der Waals surface area contributed by atoms with E-state index in [1.54, 1.807) is 58.0 Å². The fraction of sp³-hybridized carbons (Fsp3) is 0.364. The average Bonchev–Trinajstić information content (AvgIpc) is 2.79. The second-order valence-corrected chi connectivity index (χ2v) is 10.6. The molecule has 0 aliphatic heterocycles. The van der Waals surface area contributed by atoms with Crippen LogP contribution in [0, 0.1) is 0 Å². The van der Waals surface area contributed by atoms with Crippen LogP contribution in [-0.4, -0.2) is 36.4 Å². The highest BCUT2D eigenvalue weighted by Gasteiger charge is 2.32. The van der Waals surface area contributed by atoms with Crippen LogP contribution >= 0.6 is 15.2 Å². The van der Waals surface area contributed by atoms with Crippen molar-refractivity contribution in [2.75, 3.05) is 26.4 Å². The third-order valence-electron chi connectivity index (χ3n) is 4.48. The first-order valence-corrected chi connectivity index (χ1v) is 13.7. The molecular weight excluding hydrogens is 450 g/mol. The van der Waals surface area contributed by atoms with E-state index in [4.69, 9.17) is 18.1 Å². The van der Waals surface area contributed by atoms with Crippen LogP contribution in [-0.2, 0) is 27.2 Å². The molecule has 0 unspecified atom stereocenters. The molecule has 0 amide bonds. The number of fused-ring (bicyclic) bond motifs is 1. The van der Waals surface area contributed by atoms with Crippen molar-refractivity contribution in [3.8, 4) is 11.4 Å². The van der Waals surface area contributed by atoms with E-state index in [-0.39, 0.29) is 31.9 Å². The predicted molar refractivity (Wildman–Crippen MR) is 126 cm³/mol. The largest absolute Gasteiger partial charge is 0.380 e. The summed E-state index contributed by atoms with van der Waals surface area (Å²) in [5, 5.41) is 1.05. The first kappa shape index (κ1) is 24.7. The molecule has 10 heteroatoms. The summed E-state index contributed by atoms with van der Waals surface area (Å²) < 4.78 is 48.5. The highest BCUT2D eigenvalue weighted by molar-refractivity contribution is 7.62. The highest BCUT2D eigenvalue weighted by atomic mass is 31.2. The molecule has 3 aromatic rings. The van der Waals surface area contributed by atoms with Gasteiger partial charge < -0.3 is 18.1 Å². The number of nitrogens with zero attached hydrogens (tertiary/aromatic N) is 2. The maximum absolute atomic E-state index is 13.5. The number of para-hydroxylation sites is 1. The van der Waals surface area contributed by atoms with E-state index in [0.29, 0.717) is 27.6 Å². The Hall–Kier alpha value is -1.92. The molecule has 8 nitrogen and oxygen atoms in total. The van der Waals surface area contributed by atoms with E-state index < -0.39 is 15.2 Å². The van der Waals surface area contributed by atoms with Crippen molar-refractivity contribution in [2.45, 2.75) is 27.7 Å². The summed E-state index contributed by atoms with van der Waals surface area (Å²) in [7, 11) is -7.06. The van der Waals surface area contributed by atoms with Gasteiger partial charge in [0.2, 0.25) is 0 Å². The number of hydrogen-bond acceptors (Lipinski definition) is 8. The molecule has 0 aliphatic rings. The molecule has 1 heterocycles. The van der Waals surface area contributed by atoms with E-state index in [2.05, 4.69) is 9.97 Å². The molecule has 0 spiro atoms. The summed E-state index contributed by atoms with van der Waals surface area (Å²) >= 11 is 0. The van der Waals surface area contributed by atoms with Gasteiger partial charge in [-0.2, -0.15) is 0 Å². The van der Waals surface area contributed by atoms with E-state index in [9.17, 15) is 9.13 Å². The number of rotatable bonds is 11. The summed E-state index contributed by atoms with van der Waals surface area (Å²) in [6, 6.07) is 14.1. The summed E-state index contributed by atoms with van der Waals surface area (Å²) in [5.41, 5.74) is 1.49. The van der Waals surface area contributed by atoms with Crippen LogP contribution in [0.15, 0.2) is 48.5 Å². The third-order valence-corrected chi connectivity index (χ3v) is 8.66. The molecule has 0 fully saturated rings. The predicted octanol–water partition coefficient (Wildman–Crippen LogP) is 5.08. The van der Waals surface area contributed by atoms with Gasteiger partial charge in [0.25, 0.3) is 0 Å². The zero-order valence-electron chi connectivity index (χ0n) is 18.7. The second-order valence-electron chi connectivity index (χ2n) is 6.60. The molecule has 0 bridgehead atoms. The second kappa shape index (κ2) is 10.8. The standard InChI is InChI=1S/C22H28N2O6P2/c1-5-27-31(25,28-6-2)18-15-13-17(14-16-18)21-23-20-12-10-9-11-19(20)22(24-21)32(26,29-7-3)30-8-4/h9-16H,5-8H2,1-4H3. The topological polar surface area (TPSA) is 96.8 Å². The lowest BCUT2D eigenvalue weighted by Crippen LogP contribution is -2.18. The Labute approximate surface area is 188 Å². The molecule has 0 N–H and O–H groups in total. The Balaban J connectivity index is 2.12. The molecule has 0 saturated carbocycles. The first-order chi connectivity index (χ1) is 15.4. The maximum Gasteiger partial charge on any atom is 0.380 e. The molecule has 172 valence electrons. The van der Waals surface area contributed by atoms with Crippen molar-refractivity contribution in [1.29, 1.82) is 0 Å². The van der Waals surface area contributed by atoms with Gasteiger partial charge in [-0.15, -0.1) is 0 Å². The van der Waals surface area contributed by atoms with Crippen molar-refractivity contribution in [3.05, 3.63) is 48.5 Å². The Morgan fingerprint density at radius 1 is 0.688 bits per heavy atom. The van der Waals surface area contributed by atoms with Gasteiger partial charge in [0.15, 0.2) is 11.3 Å². The summed E-state index contributed by atoms with van der Waals surface area (Å²) in [4.78, 5) is 9.22. The fourth-order valence-corrected chi connectivity index (χ4v) is 6.48. The SMILES string of the molecule is CCOP(=O)(OCC)c1ccc(-c2nc(P(=O)(OCC)OCC)c3ccccc3n2)cc1. The van der Waals surface area contributed by atoms with Crippen molar-refractivity contribution < 1.29 is 27.2 Å². The van der Waals surface area contributed by atoms with Crippen LogP contribution in [0.2, 0.25) is 0 Å². The van der Waals surface area contributed by atoms with E-state index in [1.165, 1.54) is 0 Å². The van der Waals surface area contributed by atoms with E-state index in [1.807, 2.05) is 18.2 Å². The minimum atomic E-state index is -3.65. The monoisotopic (exact) mass is 478 g/mol. The fourth-order valence-electron chi connectivity index (χ4n) is 3.22. The molecule has 1 aromatic heterocycles. The summed E-state index contributed by atoms with van der Waals surface area (Å²) in [6.45, 7) is 7.99. The molecule has 0 aliphatic carbocycles. The van der Waals surface area contributed by atoms with Gasteiger partial charge in [0.05, 0.1) is 37.2 Å². The van der Waals surface area contributed by atoms with Crippen LogP contribution in [0.5, 0.6) is 0 Å². The van der Waals surface area contributed by atoms with Crippen molar-refractivity contribution in [3.63, 3.8) is 0 Å². The van der Waals surface area contributed by atoms with E-state index >= 15 is 0 Å². The molecule has 32 heavy (non-hydrogen) atoms. The smallest absolute Gasteiger partial charge is 0.305 e. The average molecular weight is 478 g/mol. The van der Waals surface area contributed by atoms with Gasteiger partial charge in [0, 0.05) is 10.9 Å². The Morgan fingerprint density at radius 2 is 1.22 bits per heavy atom. The van der Waals surface area contributed by atoms with E-state index in [0.717, 1.165) is 0 Å². The minimum Gasteiger partial charge on any atom is -0.305 e. The number of benzene rings is 2. The van der Waals surface area contributed by atoms with Crippen molar-refractivity contribution in [1.82, 2.24) is 9.97 Å². The minimum absolute atomic E-state index is 0.212. The van der Waals surface area contributed by atoms with Crippen molar-refractivity contribution >= 4 is 36.8 Å². The summed E-state index contributed by atoms with van der Waals surface area (Å²) in [5.74, 6) is 0.354. The van der Waals surface area contributed by atoms with Gasteiger partial charge in [0.1, 0.15) is 0 Å². The zero-order valence-corrected chi connectivity index (χ0v) is 20.5. The lowest BCUT2D eigenvalue weighted by molar-refractivity contribution is 0.228. The van der Waals surface area contributed by atoms with Crippen LogP contribution < -0.4 is 10.7 Å². The Kier molecular flexibility index (Phi) is 8.34. The molecule has 3 rings (SSSR count). The highest BCUT2D eigenvalue weighted by Crippen LogP contribution is 2.48. The van der Waals surface area contributed by atoms with Gasteiger partial charge in [-0.25, -0.2) is 9.97 Å². The lowest BCUT2D eigenvalue weighted by atomic mass is 10.2. The maximum atomic E-state index is 13.5. The van der Waals surface area contributed by atoms with Crippen LogP contribution in [0.1, 0.15) is 27.7 Å². The van der Waals surface area contributed by atoms with Gasteiger partial charge in [-0.3, -0.25) is 9.13 Å². The van der Waals surface area contributed by atoms with Gasteiger partial charge in [-0.1, -0.05) is 30.3 Å². The number of hydrogen-bond donors (Lipinski definition) is 0. The molecule has 0 radical (unpaired) electrons.